The van der Waals surface area contributed by atoms with Gasteiger partial charge in [0, 0.05) is 12.2 Å². The standard InChI is InChI=1S/C13H17N3O2S/c1-9-10(8-15-16-9)4-3-6-14-13(17)12-11(18-2)5-7-19-12/h5,7-8H,3-4,6H2,1-2H3,(H,14,17)(H,15,16). The number of hydrogen-bond acceptors (Lipinski definition) is 4. The van der Waals surface area contributed by atoms with Crippen LogP contribution in [0.3, 0.4) is 0 Å². The van der Waals surface area contributed by atoms with Gasteiger partial charge in [0.05, 0.1) is 13.3 Å². The maximum absolute atomic E-state index is 11.9. The average Bonchev–Trinajstić information content (AvgIpc) is 3.03. The Morgan fingerprint density at radius 1 is 1.58 bits per heavy atom. The molecule has 19 heavy (non-hydrogen) atoms. The quantitative estimate of drug-likeness (QED) is 0.796. The van der Waals surface area contributed by atoms with E-state index >= 15 is 0 Å². The first kappa shape index (κ1) is 13.6. The van der Waals surface area contributed by atoms with E-state index in [1.165, 1.54) is 16.9 Å². The van der Waals surface area contributed by atoms with Gasteiger partial charge in [0.25, 0.3) is 5.91 Å². The zero-order valence-corrected chi connectivity index (χ0v) is 11.8. The number of aromatic amines is 1. The highest BCUT2D eigenvalue weighted by Crippen LogP contribution is 2.23. The molecule has 5 nitrogen and oxygen atoms in total. The third-order valence-corrected chi connectivity index (χ3v) is 3.79. The molecule has 2 rings (SSSR count). The summed E-state index contributed by atoms with van der Waals surface area (Å²) >= 11 is 1.39. The third-order valence-electron chi connectivity index (χ3n) is 2.90. The van der Waals surface area contributed by atoms with Crippen LogP contribution in [0, 0.1) is 6.92 Å². The number of hydrogen-bond donors (Lipinski definition) is 2. The van der Waals surface area contributed by atoms with Crippen LogP contribution in [0.1, 0.15) is 27.3 Å². The number of nitrogens with zero attached hydrogens (tertiary/aromatic N) is 1. The Labute approximate surface area is 116 Å². The molecule has 102 valence electrons. The Morgan fingerprint density at radius 2 is 2.42 bits per heavy atom. The molecule has 0 aliphatic rings. The number of aromatic nitrogens is 2. The molecule has 0 fully saturated rings. The second-order valence-electron chi connectivity index (χ2n) is 4.20. The maximum Gasteiger partial charge on any atom is 0.265 e. The highest BCUT2D eigenvalue weighted by Gasteiger charge is 2.12. The van der Waals surface area contributed by atoms with Crippen molar-refractivity contribution in [3.8, 4) is 5.75 Å². The summed E-state index contributed by atoms with van der Waals surface area (Å²) in [5, 5.41) is 11.6. The Balaban J connectivity index is 1.77. The van der Waals surface area contributed by atoms with E-state index in [1.807, 2.05) is 18.5 Å². The van der Waals surface area contributed by atoms with E-state index in [0.717, 1.165) is 18.5 Å². The summed E-state index contributed by atoms with van der Waals surface area (Å²) in [6.07, 6.45) is 3.63. The summed E-state index contributed by atoms with van der Waals surface area (Å²) in [7, 11) is 1.57. The van der Waals surface area contributed by atoms with E-state index in [9.17, 15) is 4.79 Å². The fraction of sp³-hybridized carbons (Fsp3) is 0.385. The summed E-state index contributed by atoms with van der Waals surface area (Å²) in [4.78, 5) is 12.5. The summed E-state index contributed by atoms with van der Waals surface area (Å²) < 4.78 is 5.12. The predicted molar refractivity (Wildman–Crippen MR) is 74.8 cm³/mol. The molecule has 0 aromatic carbocycles. The summed E-state index contributed by atoms with van der Waals surface area (Å²) in [6.45, 7) is 2.64. The van der Waals surface area contributed by atoms with E-state index in [-0.39, 0.29) is 5.91 Å². The van der Waals surface area contributed by atoms with Gasteiger partial charge in [-0.1, -0.05) is 0 Å². The van der Waals surface area contributed by atoms with Gasteiger partial charge in [-0.2, -0.15) is 5.10 Å². The first-order valence-corrected chi connectivity index (χ1v) is 6.99. The molecule has 0 atom stereocenters. The van der Waals surface area contributed by atoms with Crippen molar-refractivity contribution in [3.63, 3.8) is 0 Å². The number of ether oxygens (including phenoxy) is 1. The molecule has 2 aromatic rings. The van der Waals surface area contributed by atoms with Crippen molar-refractivity contribution in [2.24, 2.45) is 0 Å². The fourth-order valence-corrected chi connectivity index (χ4v) is 2.59. The van der Waals surface area contributed by atoms with Gasteiger partial charge in [0.2, 0.25) is 0 Å². The van der Waals surface area contributed by atoms with Gasteiger partial charge in [0.15, 0.2) is 0 Å². The van der Waals surface area contributed by atoms with Crippen LogP contribution in [0.2, 0.25) is 0 Å². The van der Waals surface area contributed by atoms with Gasteiger partial charge in [0.1, 0.15) is 10.6 Å². The molecule has 0 radical (unpaired) electrons. The molecule has 0 unspecified atom stereocenters. The summed E-state index contributed by atoms with van der Waals surface area (Å²) in [6, 6.07) is 1.80. The lowest BCUT2D eigenvalue weighted by Crippen LogP contribution is -2.24. The number of amides is 1. The summed E-state index contributed by atoms with van der Waals surface area (Å²) in [5.74, 6) is 0.559. The van der Waals surface area contributed by atoms with E-state index in [0.29, 0.717) is 17.2 Å². The molecule has 0 bridgehead atoms. The predicted octanol–water partition coefficient (Wildman–Crippen LogP) is 2.15. The topological polar surface area (TPSA) is 67.0 Å². The number of carbonyl (C=O) groups is 1. The van der Waals surface area contributed by atoms with E-state index in [1.54, 1.807) is 13.2 Å². The zero-order valence-electron chi connectivity index (χ0n) is 11.0. The van der Waals surface area contributed by atoms with Crippen LogP contribution in [0.15, 0.2) is 17.6 Å². The van der Waals surface area contributed by atoms with Crippen molar-refractivity contribution < 1.29 is 9.53 Å². The van der Waals surface area contributed by atoms with Crippen molar-refractivity contribution in [3.05, 3.63) is 33.8 Å². The Hall–Kier alpha value is -1.82. The van der Waals surface area contributed by atoms with Crippen molar-refractivity contribution in [2.45, 2.75) is 19.8 Å². The molecular weight excluding hydrogens is 262 g/mol. The Bertz CT molecular complexity index is 548. The number of nitrogens with one attached hydrogen (secondary N) is 2. The molecule has 2 aromatic heterocycles. The lowest BCUT2D eigenvalue weighted by molar-refractivity contribution is 0.0954. The second-order valence-corrected chi connectivity index (χ2v) is 5.11. The van der Waals surface area contributed by atoms with Crippen molar-refractivity contribution in [2.75, 3.05) is 13.7 Å². The van der Waals surface area contributed by atoms with E-state index in [2.05, 4.69) is 15.5 Å². The fourth-order valence-electron chi connectivity index (χ4n) is 1.81. The molecule has 0 saturated heterocycles. The Morgan fingerprint density at radius 3 is 3.11 bits per heavy atom. The van der Waals surface area contributed by atoms with E-state index in [4.69, 9.17) is 4.74 Å². The highest BCUT2D eigenvalue weighted by atomic mass is 32.1. The molecule has 2 heterocycles. The molecule has 0 spiro atoms. The van der Waals surface area contributed by atoms with Gasteiger partial charge in [-0.3, -0.25) is 9.89 Å². The minimum atomic E-state index is -0.0734. The highest BCUT2D eigenvalue weighted by molar-refractivity contribution is 7.12. The third kappa shape index (κ3) is 3.35. The number of carbonyl (C=O) groups excluding carboxylic acids is 1. The lowest BCUT2D eigenvalue weighted by Gasteiger charge is -2.05. The zero-order chi connectivity index (χ0) is 13.7. The van der Waals surface area contributed by atoms with Crippen LogP contribution in [0.4, 0.5) is 0 Å². The molecule has 0 aliphatic heterocycles. The SMILES string of the molecule is COc1ccsc1C(=O)NCCCc1cn[nH]c1C. The molecule has 0 saturated carbocycles. The van der Waals surface area contributed by atoms with Gasteiger partial charge < -0.3 is 10.1 Å². The van der Waals surface area contributed by atoms with Crippen LogP contribution >= 0.6 is 11.3 Å². The molecule has 1 amide bonds. The molecule has 0 aliphatic carbocycles. The second kappa shape index (κ2) is 6.38. The molecular formula is C13H17N3O2S. The number of thiophene rings is 1. The van der Waals surface area contributed by atoms with Crippen molar-refractivity contribution >= 4 is 17.2 Å². The van der Waals surface area contributed by atoms with Crippen molar-refractivity contribution in [1.82, 2.24) is 15.5 Å². The van der Waals surface area contributed by atoms with Gasteiger partial charge in [-0.15, -0.1) is 11.3 Å². The summed E-state index contributed by atoms with van der Waals surface area (Å²) in [5.41, 5.74) is 2.29. The number of rotatable bonds is 6. The monoisotopic (exact) mass is 279 g/mol. The van der Waals surface area contributed by atoms with E-state index < -0.39 is 0 Å². The minimum Gasteiger partial charge on any atom is -0.495 e. The smallest absolute Gasteiger partial charge is 0.265 e. The molecule has 6 heteroatoms. The average molecular weight is 279 g/mol. The van der Waals surface area contributed by atoms with Crippen LogP contribution in [0.5, 0.6) is 5.75 Å². The Kier molecular flexibility index (Phi) is 4.57. The van der Waals surface area contributed by atoms with Crippen LogP contribution in [-0.4, -0.2) is 29.8 Å². The van der Waals surface area contributed by atoms with Gasteiger partial charge >= 0.3 is 0 Å². The normalized spacial score (nSPS) is 10.4. The first-order chi connectivity index (χ1) is 9.22. The minimum absolute atomic E-state index is 0.0734. The largest absolute Gasteiger partial charge is 0.495 e. The molecule has 2 N–H and O–H groups in total. The number of methoxy groups -OCH3 is 1. The lowest BCUT2D eigenvalue weighted by atomic mass is 10.1. The van der Waals surface area contributed by atoms with Crippen LogP contribution < -0.4 is 10.1 Å². The van der Waals surface area contributed by atoms with Gasteiger partial charge in [-0.05, 0) is 36.8 Å². The number of H-pyrrole nitrogens is 1. The van der Waals surface area contributed by atoms with Gasteiger partial charge in [-0.25, -0.2) is 0 Å². The first-order valence-electron chi connectivity index (χ1n) is 6.11. The van der Waals surface area contributed by atoms with Crippen LogP contribution in [0.25, 0.3) is 0 Å². The van der Waals surface area contributed by atoms with Crippen molar-refractivity contribution in [1.29, 1.82) is 0 Å². The number of aryl methyl sites for hydroxylation is 2. The van der Waals surface area contributed by atoms with Crippen LogP contribution in [-0.2, 0) is 6.42 Å². The maximum atomic E-state index is 11.9.